The number of benzene rings is 1. The molecule has 2 aromatic rings. The number of hydrogen-bond donors (Lipinski definition) is 3. The Morgan fingerprint density at radius 1 is 1.13 bits per heavy atom. The van der Waals surface area contributed by atoms with Crippen molar-refractivity contribution in [2.24, 2.45) is 0 Å². The summed E-state index contributed by atoms with van der Waals surface area (Å²) >= 11 is 0. The van der Waals surface area contributed by atoms with Crippen LogP contribution in [0.15, 0.2) is 36.5 Å². The second kappa shape index (κ2) is 9.27. The molecule has 0 spiro atoms. The number of nitrogens with zero attached hydrogens (tertiary/aromatic N) is 2. The number of hydrogen-bond acceptors (Lipinski definition) is 8. The van der Waals surface area contributed by atoms with Crippen LogP contribution in [0.4, 0.5) is 5.95 Å². The van der Waals surface area contributed by atoms with Gasteiger partial charge in [-0.15, -0.1) is 0 Å². The minimum atomic E-state index is -1.01. The van der Waals surface area contributed by atoms with Crippen molar-refractivity contribution in [2.45, 2.75) is 37.1 Å². The summed E-state index contributed by atoms with van der Waals surface area (Å²) < 4.78 is 17.1. The molecular weight excluding hydrogens is 404 g/mol. The summed E-state index contributed by atoms with van der Waals surface area (Å²) in [6.07, 6.45) is 0.796. The number of nitrogens with one attached hydrogen (secondary N) is 2. The van der Waals surface area contributed by atoms with Gasteiger partial charge in [-0.1, -0.05) is 12.1 Å². The van der Waals surface area contributed by atoms with Gasteiger partial charge in [-0.2, -0.15) is 0 Å². The number of fused-ring (bicyclic) bond motifs is 1. The predicted molar refractivity (Wildman–Crippen MR) is 110 cm³/mol. The first-order chi connectivity index (χ1) is 15.0. The third kappa shape index (κ3) is 4.75. The molecule has 1 aromatic carbocycles. The van der Waals surface area contributed by atoms with Crippen molar-refractivity contribution >= 4 is 17.8 Å². The fourth-order valence-electron chi connectivity index (χ4n) is 3.85. The molecule has 10 heteroatoms. The van der Waals surface area contributed by atoms with E-state index in [1.807, 2.05) is 30.3 Å². The van der Waals surface area contributed by atoms with Crippen LogP contribution in [-0.2, 0) is 19.1 Å². The van der Waals surface area contributed by atoms with Crippen LogP contribution in [0.2, 0.25) is 0 Å². The van der Waals surface area contributed by atoms with Gasteiger partial charge in [-0.3, -0.25) is 9.59 Å². The molecule has 3 N–H and O–H groups in total. The lowest BCUT2D eigenvalue weighted by Crippen LogP contribution is -2.44. The summed E-state index contributed by atoms with van der Waals surface area (Å²) in [5, 5.41) is 14.8. The van der Waals surface area contributed by atoms with Crippen LogP contribution < -0.4 is 15.4 Å². The number of ether oxygens (including phenoxy) is 3. The predicted octanol–water partition coefficient (Wildman–Crippen LogP) is 1.08. The molecule has 0 bridgehead atoms. The smallest absolute Gasteiger partial charge is 0.303 e. The van der Waals surface area contributed by atoms with Gasteiger partial charge < -0.3 is 30.0 Å². The number of methoxy groups -OCH3 is 1. The summed E-state index contributed by atoms with van der Waals surface area (Å²) in [5.41, 5.74) is 1.58. The first-order valence-corrected chi connectivity index (χ1v) is 10.0. The SMILES string of the molecule is COc1ccccc1-c1ccnc(N[C@H]2CO[C@H]3[C@@H]2OC[C@@H]3NC(=O)CCC(=O)O)n1. The Balaban J connectivity index is 1.39. The Kier molecular flexibility index (Phi) is 6.28. The Morgan fingerprint density at radius 3 is 2.65 bits per heavy atom. The van der Waals surface area contributed by atoms with E-state index in [1.54, 1.807) is 13.3 Å². The van der Waals surface area contributed by atoms with E-state index in [9.17, 15) is 9.59 Å². The van der Waals surface area contributed by atoms with Gasteiger partial charge in [0, 0.05) is 18.2 Å². The van der Waals surface area contributed by atoms with E-state index in [2.05, 4.69) is 20.6 Å². The van der Waals surface area contributed by atoms with Gasteiger partial charge >= 0.3 is 5.97 Å². The van der Waals surface area contributed by atoms with Gasteiger partial charge in [0.15, 0.2) is 0 Å². The third-order valence-electron chi connectivity index (χ3n) is 5.32. The average Bonchev–Trinajstić information content (AvgIpc) is 3.36. The van der Waals surface area contributed by atoms with Crippen LogP contribution in [0.25, 0.3) is 11.3 Å². The molecular formula is C21H24N4O6. The lowest BCUT2D eigenvalue weighted by Gasteiger charge is -2.18. The highest BCUT2D eigenvalue weighted by molar-refractivity contribution is 5.80. The van der Waals surface area contributed by atoms with Gasteiger partial charge in [-0.05, 0) is 18.2 Å². The molecule has 3 heterocycles. The van der Waals surface area contributed by atoms with Crippen molar-refractivity contribution in [1.82, 2.24) is 15.3 Å². The molecule has 0 aliphatic carbocycles. The average molecular weight is 428 g/mol. The molecule has 1 aromatic heterocycles. The second-order valence-corrected chi connectivity index (χ2v) is 7.38. The summed E-state index contributed by atoms with van der Waals surface area (Å²) in [6.45, 7) is 0.674. The monoisotopic (exact) mass is 428 g/mol. The Labute approximate surface area is 178 Å². The maximum atomic E-state index is 12.0. The fraction of sp³-hybridized carbons (Fsp3) is 0.429. The van der Waals surface area contributed by atoms with E-state index >= 15 is 0 Å². The maximum Gasteiger partial charge on any atom is 0.303 e. The van der Waals surface area contributed by atoms with Crippen molar-refractivity contribution in [3.8, 4) is 17.0 Å². The largest absolute Gasteiger partial charge is 0.496 e. The number of carboxylic acids is 1. The molecule has 0 radical (unpaired) electrons. The maximum absolute atomic E-state index is 12.0. The summed E-state index contributed by atoms with van der Waals surface area (Å²) in [7, 11) is 1.61. The number of para-hydroxylation sites is 1. The molecule has 1 amide bonds. The fourth-order valence-corrected chi connectivity index (χ4v) is 3.85. The molecule has 4 rings (SSSR count). The van der Waals surface area contributed by atoms with Crippen molar-refractivity contribution in [3.05, 3.63) is 36.5 Å². The molecule has 164 valence electrons. The number of rotatable bonds is 8. The summed E-state index contributed by atoms with van der Waals surface area (Å²) in [6, 6.07) is 8.92. The zero-order valence-electron chi connectivity index (χ0n) is 17.0. The standard InChI is InChI=1S/C21H24N4O6/c1-29-16-5-3-2-4-12(16)13-8-9-22-21(24-13)25-15-11-31-19-14(10-30-20(15)19)23-17(26)6-7-18(27)28/h2-5,8-9,14-15,19-20H,6-7,10-11H2,1H3,(H,23,26)(H,27,28)(H,22,24,25)/t14-,15-,19+,20+/m0/s1. The van der Waals surface area contributed by atoms with E-state index < -0.39 is 5.97 Å². The number of aromatic nitrogens is 2. The Hall–Kier alpha value is -3.24. The van der Waals surface area contributed by atoms with Crippen molar-refractivity contribution in [2.75, 3.05) is 25.6 Å². The lowest BCUT2D eigenvalue weighted by molar-refractivity contribution is -0.139. The highest BCUT2D eigenvalue weighted by Gasteiger charge is 2.48. The highest BCUT2D eigenvalue weighted by atomic mass is 16.6. The Bertz CT molecular complexity index is 955. The molecule has 2 fully saturated rings. The summed E-state index contributed by atoms with van der Waals surface area (Å²) in [4.78, 5) is 31.5. The van der Waals surface area contributed by atoms with E-state index in [0.29, 0.717) is 19.2 Å². The van der Waals surface area contributed by atoms with Gasteiger partial charge in [0.2, 0.25) is 11.9 Å². The van der Waals surface area contributed by atoms with Gasteiger partial charge in [0.1, 0.15) is 18.0 Å². The molecule has 10 nitrogen and oxygen atoms in total. The zero-order chi connectivity index (χ0) is 21.8. The van der Waals surface area contributed by atoms with Crippen molar-refractivity contribution in [1.29, 1.82) is 0 Å². The van der Waals surface area contributed by atoms with E-state index in [4.69, 9.17) is 19.3 Å². The molecule has 2 aliphatic heterocycles. The van der Waals surface area contributed by atoms with E-state index in [0.717, 1.165) is 17.0 Å². The number of carbonyl (C=O) groups excluding carboxylic acids is 1. The minimum absolute atomic E-state index is 0.0749. The quantitative estimate of drug-likeness (QED) is 0.565. The third-order valence-corrected chi connectivity index (χ3v) is 5.32. The number of amides is 1. The van der Waals surface area contributed by atoms with E-state index in [-0.39, 0.29) is 43.0 Å². The number of carboxylic acid groups (broad SMARTS) is 1. The topological polar surface area (TPSA) is 132 Å². The first kappa shape index (κ1) is 21.0. The van der Waals surface area contributed by atoms with Gasteiger partial charge in [0.25, 0.3) is 0 Å². The number of anilines is 1. The van der Waals surface area contributed by atoms with Crippen LogP contribution in [-0.4, -0.2) is 71.6 Å². The van der Waals surface area contributed by atoms with Crippen molar-refractivity contribution < 1.29 is 28.9 Å². The molecule has 0 unspecified atom stereocenters. The first-order valence-electron chi connectivity index (χ1n) is 10.0. The van der Waals surface area contributed by atoms with Crippen LogP contribution in [0.5, 0.6) is 5.75 Å². The van der Waals surface area contributed by atoms with Crippen LogP contribution >= 0.6 is 0 Å². The Morgan fingerprint density at radius 2 is 1.87 bits per heavy atom. The number of aliphatic carboxylic acids is 1. The molecule has 4 atom stereocenters. The van der Waals surface area contributed by atoms with Crippen LogP contribution in [0, 0.1) is 0 Å². The second-order valence-electron chi connectivity index (χ2n) is 7.38. The van der Waals surface area contributed by atoms with Crippen molar-refractivity contribution in [3.63, 3.8) is 0 Å². The molecule has 2 aliphatic rings. The zero-order valence-corrected chi connectivity index (χ0v) is 17.0. The molecule has 2 saturated heterocycles. The summed E-state index contributed by atoms with van der Waals surface area (Å²) in [5.74, 6) is -0.177. The van der Waals surface area contributed by atoms with Gasteiger partial charge in [0.05, 0.1) is 44.5 Å². The molecule has 31 heavy (non-hydrogen) atoms. The minimum Gasteiger partial charge on any atom is -0.496 e. The van der Waals surface area contributed by atoms with E-state index in [1.165, 1.54) is 0 Å². The lowest BCUT2D eigenvalue weighted by atomic mass is 10.1. The molecule has 0 saturated carbocycles. The normalized spacial score (nSPS) is 24.4. The van der Waals surface area contributed by atoms with Crippen LogP contribution in [0.1, 0.15) is 12.8 Å². The number of carbonyl (C=O) groups is 2. The highest BCUT2D eigenvalue weighted by Crippen LogP contribution is 2.30. The van der Waals surface area contributed by atoms with Crippen LogP contribution in [0.3, 0.4) is 0 Å². The van der Waals surface area contributed by atoms with Gasteiger partial charge in [-0.25, -0.2) is 9.97 Å².